The van der Waals surface area contributed by atoms with Crippen LogP contribution in [-0.2, 0) is 0 Å². The van der Waals surface area contributed by atoms with Crippen molar-refractivity contribution in [2.45, 2.75) is 0 Å². The van der Waals surface area contributed by atoms with Crippen LogP contribution in [0, 0.1) is 0 Å². The van der Waals surface area contributed by atoms with E-state index in [0.717, 1.165) is 133 Å². The van der Waals surface area contributed by atoms with Gasteiger partial charge in [-0.3, -0.25) is 27.9 Å². The smallest absolute Gasteiger partial charge is 0.221 e. The molecule has 11 nitrogen and oxygen atoms in total. The molecule has 0 unspecified atom stereocenters. The molecule has 0 amide bonds. The molecule has 0 saturated heterocycles. The minimum atomic E-state index is 0.804. The second-order valence-electron chi connectivity index (χ2n) is 27.3. The fourth-order valence-electron chi connectivity index (χ4n) is 17.2. The average molecular weight is 1340 g/mol. The maximum atomic E-state index is 5.38. The maximum absolute atomic E-state index is 5.38. The third kappa shape index (κ3) is 8.37. The first-order chi connectivity index (χ1) is 52.1. The number of pyridine rings is 4. The summed E-state index contributed by atoms with van der Waals surface area (Å²) in [6, 6.07) is 115. The van der Waals surface area contributed by atoms with Gasteiger partial charge in [0, 0.05) is 50.4 Å². The van der Waals surface area contributed by atoms with Crippen molar-refractivity contribution in [1.29, 1.82) is 0 Å². The van der Waals surface area contributed by atoms with Gasteiger partial charge in [-0.1, -0.05) is 200 Å². The van der Waals surface area contributed by atoms with Crippen LogP contribution >= 0.6 is 0 Å². The molecular formula is C94H55N11. The summed E-state index contributed by atoms with van der Waals surface area (Å²) in [5.41, 5.74) is 20.0. The number of fused-ring (bicyclic) bond motifs is 31. The van der Waals surface area contributed by atoms with E-state index < -0.39 is 0 Å². The van der Waals surface area contributed by atoms with Crippen molar-refractivity contribution < 1.29 is 0 Å². The lowest BCUT2D eigenvalue weighted by atomic mass is 9.92. The van der Waals surface area contributed by atoms with E-state index in [1.54, 1.807) is 0 Å². The van der Waals surface area contributed by atoms with Crippen LogP contribution in [0.3, 0.4) is 0 Å². The SMILES string of the molecule is c1ccc(-n2c3ccccc3c3cc(-c4ccc5c(c4)n4c6ccccc6nc4n5-c4ccc5c6ccccc6c6cccnc6c5n4)ccc32)cc1.c1ccc2c(c1)nc1n(-c3ccc4c5ccccc5c5cccnc5c4n3)c3ccc(-c4ccc5c6ccccc6c6ccccc6c5c4)cc3n21. The van der Waals surface area contributed by atoms with Crippen LogP contribution in [0.1, 0.15) is 0 Å². The summed E-state index contributed by atoms with van der Waals surface area (Å²) in [6.45, 7) is 0. The van der Waals surface area contributed by atoms with Crippen LogP contribution < -0.4 is 0 Å². The van der Waals surface area contributed by atoms with E-state index in [1.807, 2.05) is 36.7 Å². The number of hydrogen-bond donors (Lipinski definition) is 0. The zero-order valence-electron chi connectivity index (χ0n) is 56.2. The first-order valence-corrected chi connectivity index (χ1v) is 35.5. The molecule has 9 aromatic heterocycles. The first-order valence-electron chi connectivity index (χ1n) is 35.5. The molecule has 0 radical (unpaired) electrons. The third-order valence-corrected chi connectivity index (χ3v) is 21.8. The molecule has 9 heterocycles. The van der Waals surface area contributed by atoms with Crippen LogP contribution in [0.5, 0.6) is 0 Å². The molecule has 11 heteroatoms. The van der Waals surface area contributed by atoms with Gasteiger partial charge in [-0.15, -0.1) is 0 Å². The minimum absolute atomic E-state index is 0.804. The Bertz CT molecular complexity index is 7760. The highest BCUT2D eigenvalue weighted by Gasteiger charge is 2.24. The number of nitrogens with zero attached hydrogens (tertiary/aromatic N) is 11. The highest BCUT2D eigenvalue weighted by atomic mass is 15.2. The van der Waals surface area contributed by atoms with Gasteiger partial charge in [0.1, 0.15) is 11.6 Å². The highest BCUT2D eigenvalue weighted by Crippen LogP contribution is 2.43. The summed E-state index contributed by atoms with van der Waals surface area (Å²) in [6.07, 6.45) is 3.71. The van der Waals surface area contributed by atoms with Crippen LogP contribution in [-0.4, -0.2) is 52.4 Å². The Morgan fingerprint density at radius 2 is 0.533 bits per heavy atom. The van der Waals surface area contributed by atoms with Gasteiger partial charge in [0.05, 0.1) is 77.2 Å². The Morgan fingerprint density at radius 1 is 0.190 bits per heavy atom. The number of aromatic nitrogens is 11. The summed E-state index contributed by atoms with van der Waals surface area (Å²) in [7, 11) is 0. The molecule has 0 bridgehead atoms. The van der Waals surface area contributed by atoms with Crippen molar-refractivity contribution in [2.75, 3.05) is 0 Å². The predicted octanol–water partition coefficient (Wildman–Crippen LogP) is 23.3. The van der Waals surface area contributed by atoms with Crippen molar-refractivity contribution >= 4 is 175 Å². The lowest BCUT2D eigenvalue weighted by molar-refractivity contribution is 1.06. The number of benzene rings is 15. The Kier molecular flexibility index (Phi) is 12.0. The van der Waals surface area contributed by atoms with Crippen molar-refractivity contribution in [3.8, 4) is 39.6 Å². The number of para-hydroxylation sites is 6. The van der Waals surface area contributed by atoms with Crippen LogP contribution in [0.25, 0.3) is 215 Å². The second-order valence-corrected chi connectivity index (χ2v) is 27.3. The Balaban J connectivity index is 0.000000128. The van der Waals surface area contributed by atoms with Crippen LogP contribution in [0.15, 0.2) is 334 Å². The van der Waals surface area contributed by atoms with Gasteiger partial charge < -0.3 is 4.57 Å². The van der Waals surface area contributed by atoms with Gasteiger partial charge in [-0.05, 0) is 197 Å². The zero-order valence-corrected chi connectivity index (χ0v) is 56.2. The molecule has 0 atom stereocenters. The minimum Gasteiger partial charge on any atom is -0.309 e. The molecule has 486 valence electrons. The summed E-state index contributed by atoms with van der Waals surface area (Å²) >= 11 is 0. The van der Waals surface area contributed by atoms with E-state index in [1.165, 1.54) is 81.2 Å². The van der Waals surface area contributed by atoms with E-state index in [9.17, 15) is 0 Å². The van der Waals surface area contributed by atoms with Crippen molar-refractivity contribution in [3.05, 3.63) is 334 Å². The van der Waals surface area contributed by atoms with Gasteiger partial charge in [0.15, 0.2) is 0 Å². The van der Waals surface area contributed by atoms with Gasteiger partial charge in [-0.25, -0.2) is 19.9 Å². The fourth-order valence-corrected chi connectivity index (χ4v) is 17.2. The van der Waals surface area contributed by atoms with Gasteiger partial charge >= 0.3 is 0 Å². The Hall–Kier alpha value is -14.4. The predicted molar refractivity (Wildman–Crippen MR) is 433 cm³/mol. The molecule has 24 aromatic rings. The molecule has 0 fully saturated rings. The molecule has 0 aliphatic heterocycles. The number of hydrogen-bond acceptors (Lipinski definition) is 6. The summed E-state index contributed by atoms with van der Waals surface area (Å²) in [5, 5.41) is 19.2. The molecule has 0 aliphatic carbocycles. The number of rotatable bonds is 5. The van der Waals surface area contributed by atoms with Gasteiger partial charge in [0.25, 0.3) is 0 Å². The fraction of sp³-hybridized carbons (Fsp3) is 0. The van der Waals surface area contributed by atoms with Crippen molar-refractivity contribution in [3.63, 3.8) is 0 Å². The molecule has 0 N–H and O–H groups in total. The quantitative estimate of drug-likeness (QED) is 0.159. The zero-order chi connectivity index (χ0) is 68.5. The van der Waals surface area contributed by atoms with Crippen molar-refractivity contribution in [1.82, 2.24) is 52.4 Å². The molecule has 105 heavy (non-hydrogen) atoms. The maximum Gasteiger partial charge on any atom is 0.221 e. The standard InChI is InChI=1S/C47H28N6.C47H27N5/c1-2-11-31(12-3-1)51-39-18-8-6-15-34(39)37-27-29(20-23-40(37)51)30-21-24-42-43(28-30)52-41-19-9-7-17-38(41)49-47(52)53(42)44-25-22-36-33-14-5-4-13-32(33)35-16-10-26-48-45(35)46(36)50-44;1-2-12-32-30(10-1)31-11-3-6-15-35(31)39-26-28(19-21-36(32)39)29-20-23-42-43(27-29)51-41-18-8-7-17-40(41)49-47(51)52(42)44-24-22-38-34-14-5-4-13-33(34)37-16-9-25-48-45(37)46(38)50-44/h1-28H;1-27H. The normalized spacial score (nSPS) is 12.2. The van der Waals surface area contributed by atoms with E-state index in [-0.39, 0.29) is 0 Å². The van der Waals surface area contributed by atoms with Crippen LogP contribution in [0.2, 0.25) is 0 Å². The van der Waals surface area contributed by atoms with E-state index in [4.69, 9.17) is 29.9 Å². The average Bonchev–Trinajstić information content (AvgIpc) is 1.60. The summed E-state index contributed by atoms with van der Waals surface area (Å²) < 4.78 is 11.3. The lowest BCUT2D eigenvalue weighted by Gasteiger charge is -2.12. The van der Waals surface area contributed by atoms with Gasteiger partial charge in [0.2, 0.25) is 11.6 Å². The molecular weight excluding hydrogens is 1280 g/mol. The van der Waals surface area contributed by atoms with E-state index in [2.05, 4.69) is 320 Å². The molecule has 15 aromatic carbocycles. The largest absolute Gasteiger partial charge is 0.309 e. The van der Waals surface area contributed by atoms with Crippen LogP contribution in [0.4, 0.5) is 0 Å². The Morgan fingerprint density at radius 3 is 1.03 bits per heavy atom. The number of imidazole rings is 4. The topological polar surface area (TPSA) is 101 Å². The highest BCUT2D eigenvalue weighted by molar-refractivity contribution is 6.27. The monoisotopic (exact) mass is 1340 g/mol. The molecule has 24 rings (SSSR count). The summed E-state index contributed by atoms with van der Waals surface area (Å²) in [4.78, 5) is 30.9. The van der Waals surface area contributed by atoms with Gasteiger partial charge in [-0.2, -0.15) is 0 Å². The van der Waals surface area contributed by atoms with E-state index >= 15 is 0 Å². The summed E-state index contributed by atoms with van der Waals surface area (Å²) in [5.74, 6) is 3.26. The Labute approximate surface area is 597 Å². The second kappa shape index (κ2) is 22.0. The molecule has 0 saturated carbocycles. The van der Waals surface area contributed by atoms with E-state index in [0.29, 0.717) is 0 Å². The lowest BCUT2D eigenvalue weighted by Crippen LogP contribution is -1.99. The molecule has 0 aliphatic rings. The molecule has 0 spiro atoms. The third-order valence-electron chi connectivity index (χ3n) is 21.8. The first kappa shape index (κ1) is 57.3. The van der Waals surface area contributed by atoms with Crippen molar-refractivity contribution in [2.24, 2.45) is 0 Å².